The molecular weight excluding hydrogens is 178 g/mol. The van der Waals surface area contributed by atoms with Crippen molar-refractivity contribution in [3.63, 3.8) is 0 Å². The molecule has 74 valence electrons. The van der Waals surface area contributed by atoms with Crippen molar-refractivity contribution in [1.29, 1.82) is 0 Å². The van der Waals surface area contributed by atoms with Crippen LogP contribution in [0.3, 0.4) is 0 Å². The summed E-state index contributed by atoms with van der Waals surface area (Å²) in [4.78, 5) is 7.34. The number of H-pyrrole nitrogens is 1. The summed E-state index contributed by atoms with van der Waals surface area (Å²) in [6, 6.07) is -0.0691. The second-order valence-corrected chi connectivity index (χ2v) is 3.37. The Morgan fingerprint density at radius 1 is 1.50 bits per heavy atom. The van der Waals surface area contributed by atoms with Crippen LogP contribution < -0.4 is 5.73 Å². The van der Waals surface area contributed by atoms with E-state index in [2.05, 4.69) is 15.1 Å². The normalized spacial score (nSPS) is 13.1. The zero-order chi connectivity index (χ0) is 10.1. The van der Waals surface area contributed by atoms with Crippen LogP contribution in [0.15, 0.2) is 18.6 Å². The number of nitrogens with one attached hydrogen (secondary N) is 1. The van der Waals surface area contributed by atoms with Crippen LogP contribution in [0.4, 0.5) is 0 Å². The number of imidazole rings is 1. The Bertz CT molecular complexity index is 426. The number of aromatic amines is 1. The largest absolute Gasteiger partial charge is 0.341 e. The standard InChI is InChI=1S/C9H13N5/c1-6(10)9-11-4-8(13-9)7-3-12-14(2)5-7/h3-6H,10H2,1-2H3,(H,11,13). The van der Waals surface area contributed by atoms with E-state index >= 15 is 0 Å². The first-order chi connectivity index (χ1) is 6.66. The molecule has 2 heterocycles. The Morgan fingerprint density at radius 2 is 2.29 bits per heavy atom. The molecule has 0 saturated carbocycles. The van der Waals surface area contributed by atoms with E-state index in [1.807, 2.05) is 20.2 Å². The van der Waals surface area contributed by atoms with Gasteiger partial charge in [0.1, 0.15) is 5.82 Å². The van der Waals surface area contributed by atoms with Gasteiger partial charge in [0, 0.05) is 18.8 Å². The third kappa shape index (κ3) is 1.54. The summed E-state index contributed by atoms with van der Waals surface area (Å²) in [5, 5.41) is 4.08. The van der Waals surface area contributed by atoms with E-state index in [-0.39, 0.29) is 6.04 Å². The Labute approximate surface area is 82.0 Å². The van der Waals surface area contributed by atoms with Gasteiger partial charge < -0.3 is 10.7 Å². The molecule has 0 aliphatic rings. The summed E-state index contributed by atoms with van der Waals surface area (Å²) in [5.74, 6) is 0.795. The second-order valence-electron chi connectivity index (χ2n) is 3.37. The Kier molecular flexibility index (Phi) is 2.09. The molecule has 1 atom stereocenters. The van der Waals surface area contributed by atoms with Crippen molar-refractivity contribution in [3.8, 4) is 11.3 Å². The molecule has 0 fully saturated rings. The van der Waals surface area contributed by atoms with Gasteiger partial charge >= 0.3 is 0 Å². The molecule has 0 saturated heterocycles. The minimum atomic E-state index is -0.0691. The number of nitrogens with zero attached hydrogens (tertiary/aromatic N) is 3. The Hall–Kier alpha value is -1.62. The van der Waals surface area contributed by atoms with Crippen LogP contribution in [-0.4, -0.2) is 19.7 Å². The molecule has 0 spiro atoms. The number of aromatic nitrogens is 4. The van der Waals surface area contributed by atoms with Crippen molar-refractivity contribution in [1.82, 2.24) is 19.7 Å². The van der Waals surface area contributed by atoms with E-state index in [1.54, 1.807) is 17.1 Å². The van der Waals surface area contributed by atoms with E-state index in [1.165, 1.54) is 0 Å². The number of nitrogens with two attached hydrogens (primary N) is 1. The number of rotatable bonds is 2. The maximum Gasteiger partial charge on any atom is 0.123 e. The fourth-order valence-corrected chi connectivity index (χ4v) is 1.28. The number of hydrogen-bond donors (Lipinski definition) is 2. The fraction of sp³-hybridized carbons (Fsp3) is 0.333. The highest BCUT2D eigenvalue weighted by molar-refractivity contribution is 5.56. The second kappa shape index (κ2) is 3.26. The maximum atomic E-state index is 5.70. The maximum absolute atomic E-state index is 5.70. The highest BCUT2D eigenvalue weighted by atomic mass is 15.2. The Morgan fingerprint density at radius 3 is 2.79 bits per heavy atom. The van der Waals surface area contributed by atoms with Crippen LogP contribution in [0, 0.1) is 0 Å². The van der Waals surface area contributed by atoms with Crippen molar-refractivity contribution < 1.29 is 0 Å². The van der Waals surface area contributed by atoms with Crippen LogP contribution in [-0.2, 0) is 7.05 Å². The molecule has 14 heavy (non-hydrogen) atoms. The molecule has 2 aromatic heterocycles. The summed E-state index contributed by atoms with van der Waals surface area (Å²) < 4.78 is 1.75. The average Bonchev–Trinajstić information content (AvgIpc) is 2.70. The van der Waals surface area contributed by atoms with Gasteiger partial charge in [-0.2, -0.15) is 5.10 Å². The summed E-state index contributed by atoms with van der Waals surface area (Å²) in [5.41, 5.74) is 7.67. The van der Waals surface area contributed by atoms with Crippen molar-refractivity contribution >= 4 is 0 Å². The van der Waals surface area contributed by atoms with Crippen LogP contribution in [0.2, 0.25) is 0 Å². The topological polar surface area (TPSA) is 72.5 Å². The monoisotopic (exact) mass is 191 g/mol. The number of hydrogen-bond acceptors (Lipinski definition) is 3. The molecule has 3 N–H and O–H groups in total. The van der Waals surface area contributed by atoms with Gasteiger partial charge in [-0.25, -0.2) is 4.98 Å². The highest BCUT2D eigenvalue weighted by Gasteiger charge is 2.07. The van der Waals surface area contributed by atoms with E-state index < -0.39 is 0 Å². The van der Waals surface area contributed by atoms with E-state index in [9.17, 15) is 0 Å². The summed E-state index contributed by atoms with van der Waals surface area (Å²) in [7, 11) is 1.88. The molecule has 0 bridgehead atoms. The lowest BCUT2D eigenvalue weighted by Gasteiger charge is -1.97. The van der Waals surface area contributed by atoms with E-state index in [4.69, 9.17) is 5.73 Å². The molecule has 0 aliphatic heterocycles. The van der Waals surface area contributed by atoms with Crippen LogP contribution in [0.25, 0.3) is 11.3 Å². The number of aryl methyl sites for hydroxylation is 1. The molecular formula is C9H13N5. The van der Waals surface area contributed by atoms with Gasteiger partial charge in [-0.1, -0.05) is 0 Å². The first-order valence-electron chi connectivity index (χ1n) is 4.46. The van der Waals surface area contributed by atoms with Crippen LogP contribution in [0.5, 0.6) is 0 Å². The zero-order valence-corrected chi connectivity index (χ0v) is 8.23. The van der Waals surface area contributed by atoms with Gasteiger partial charge in [0.05, 0.1) is 24.1 Å². The SMILES string of the molecule is CC(N)c1ncc(-c2cnn(C)c2)[nH]1. The van der Waals surface area contributed by atoms with Gasteiger partial charge in [0.25, 0.3) is 0 Å². The van der Waals surface area contributed by atoms with E-state index in [0.717, 1.165) is 17.1 Å². The molecule has 2 aromatic rings. The van der Waals surface area contributed by atoms with Gasteiger partial charge in [0.2, 0.25) is 0 Å². The first-order valence-corrected chi connectivity index (χ1v) is 4.46. The summed E-state index contributed by atoms with van der Waals surface area (Å²) >= 11 is 0. The van der Waals surface area contributed by atoms with Gasteiger partial charge in [-0.3, -0.25) is 4.68 Å². The molecule has 1 unspecified atom stereocenters. The van der Waals surface area contributed by atoms with Crippen molar-refractivity contribution in [2.75, 3.05) is 0 Å². The van der Waals surface area contributed by atoms with Gasteiger partial charge in [-0.05, 0) is 6.92 Å². The average molecular weight is 191 g/mol. The summed E-state index contributed by atoms with van der Waals surface area (Å²) in [6.07, 6.45) is 5.49. The predicted octanol–water partition coefficient (Wildman–Crippen LogP) is 0.830. The minimum absolute atomic E-state index is 0.0691. The molecule has 0 aliphatic carbocycles. The lowest BCUT2D eigenvalue weighted by Crippen LogP contribution is -2.06. The van der Waals surface area contributed by atoms with E-state index in [0.29, 0.717) is 0 Å². The van der Waals surface area contributed by atoms with Crippen molar-refractivity contribution in [2.45, 2.75) is 13.0 Å². The third-order valence-corrected chi connectivity index (χ3v) is 2.04. The minimum Gasteiger partial charge on any atom is -0.341 e. The molecule has 2 rings (SSSR count). The molecule has 0 amide bonds. The molecule has 5 nitrogen and oxygen atoms in total. The molecule has 0 aromatic carbocycles. The van der Waals surface area contributed by atoms with Crippen molar-refractivity contribution in [2.24, 2.45) is 12.8 Å². The Balaban J connectivity index is 2.33. The third-order valence-electron chi connectivity index (χ3n) is 2.04. The lowest BCUT2D eigenvalue weighted by molar-refractivity contribution is 0.756. The summed E-state index contributed by atoms with van der Waals surface area (Å²) in [6.45, 7) is 1.89. The van der Waals surface area contributed by atoms with Gasteiger partial charge in [-0.15, -0.1) is 0 Å². The quantitative estimate of drug-likeness (QED) is 0.738. The van der Waals surface area contributed by atoms with Crippen molar-refractivity contribution in [3.05, 3.63) is 24.4 Å². The molecule has 0 radical (unpaired) electrons. The predicted molar refractivity (Wildman–Crippen MR) is 53.4 cm³/mol. The van der Waals surface area contributed by atoms with Crippen LogP contribution in [0.1, 0.15) is 18.8 Å². The molecule has 5 heteroatoms. The van der Waals surface area contributed by atoms with Gasteiger partial charge in [0.15, 0.2) is 0 Å². The smallest absolute Gasteiger partial charge is 0.123 e. The lowest BCUT2D eigenvalue weighted by atomic mass is 10.3. The first kappa shape index (κ1) is 8.96. The zero-order valence-electron chi connectivity index (χ0n) is 8.23. The highest BCUT2D eigenvalue weighted by Crippen LogP contribution is 2.17. The fourth-order valence-electron chi connectivity index (χ4n) is 1.28. The van der Waals surface area contributed by atoms with Crippen LogP contribution >= 0.6 is 0 Å².